The minimum Gasteiger partial charge on any atom is -0.467 e. The van der Waals surface area contributed by atoms with Gasteiger partial charge in [-0.05, 0) is 24.3 Å². The molecule has 0 aliphatic carbocycles. The summed E-state index contributed by atoms with van der Waals surface area (Å²) in [5, 5.41) is 7.22. The number of para-hydroxylation sites is 1. The van der Waals surface area contributed by atoms with E-state index in [0.29, 0.717) is 31.9 Å². The molecule has 1 amide bonds. The molecule has 2 aromatic heterocycles. The fourth-order valence-electron chi connectivity index (χ4n) is 3.74. The first kappa shape index (κ1) is 17.2. The van der Waals surface area contributed by atoms with E-state index in [9.17, 15) is 4.79 Å². The van der Waals surface area contributed by atoms with Gasteiger partial charge in [-0.1, -0.05) is 18.2 Å². The first-order chi connectivity index (χ1) is 13.8. The Bertz CT molecular complexity index is 969. The number of hydrogen-bond acceptors (Lipinski definition) is 6. The molecule has 1 aromatic carbocycles. The molecule has 0 bridgehead atoms. The van der Waals surface area contributed by atoms with Gasteiger partial charge < -0.3 is 13.6 Å². The Balaban J connectivity index is 1.43. The molecule has 0 N–H and O–H groups in total. The first-order valence-corrected chi connectivity index (χ1v) is 9.50. The van der Waals surface area contributed by atoms with Crippen molar-refractivity contribution in [1.82, 2.24) is 9.91 Å². The molecular formula is C21H21N3O4. The van der Waals surface area contributed by atoms with E-state index in [1.165, 1.54) is 0 Å². The number of amides is 1. The van der Waals surface area contributed by atoms with E-state index in [2.05, 4.69) is 10.0 Å². The molecule has 144 valence electrons. The first-order valence-electron chi connectivity index (χ1n) is 9.50. The lowest BCUT2D eigenvalue weighted by Crippen LogP contribution is -2.43. The number of carbonyl (C=O) groups excluding carboxylic acids is 1. The van der Waals surface area contributed by atoms with Crippen molar-refractivity contribution in [1.29, 1.82) is 0 Å². The highest BCUT2D eigenvalue weighted by Crippen LogP contribution is 2.34. The van der Waals surface area contributed by atoms with E-state index in [0.717, 1.165) is 35.5 Å². The zero-order chi connectivity index (χ0) is 18.9. The number of fused-ring (bicyclic) bond motifs is 1. The van der Waals surface area contributed by atoms with Crippen LogP contribution in [0.25, 0.3) is 11.0 Å². The van der Waals surface area contributed by atoms with Gasteiger partial charge in [0.05, 0.1) is 26.0 Å². The quantitative estimate of drug-likeness (QED) is 0.697. The normalized spacial score (nSPS) is 20.6. The third-order valence-electron chi connectivity index (χ3n) is 5.21. The van der Waals surface area contributed by atoms with Crippen LogP contribution in [0, 0.1) is 0 Å². The number of furan rings is 2. The zero-order valence-corrected chi connectivity index (χ0v) is 15.4. The molecule has 1 saturated heterocycles. The van der Waals surface area contributed by atoms with Gasteiger partial charge in [-0.15, -0.1) is 0 Å². The van der Waals surface area contributed by atoms with Crippen LogP contribution in [0.3, 0.4) is 0 Å². The van der Waals surface area contributed by atoms with Gasteiger partial charge in [0.25, 0.3) is 5.91 Å². The Morgan fingerprint density at radius 3 is 2.79 bits per heavy atom. The highest BCUT2D eigenvalue weighted by molar-refractivity contribution is 6.03. The van der Waals surface area contributed by atoms with Crippen LogP contribution in [-0.2, 0) is 9.53 Å². The molecule has 7 nitrogen and oxygen atoms in total. The molecule has 0 saturated carbocycles. The van der Waals surface area contributed by atoms with Gasteiger partial charge in [-0.2, -0.15) is 5.10 Å². The molecule has 28 heavy (non-hydrogen) atoms. The standard InChI is InChI=1S/C21H21N3O4/c25-21(14-23-7-10-26-11-8-23)24-17(19-6-3-9-27-19)13-16(22-24)20-12-15-4-1-2-5-18(15)28-20/h1-6,9,12,17H,7-8,10-11,13-14H2/t17-/m0/s1. The summed E-state index contributed by atoms with van der Waals surface area (Å²) in [4.78, 5) is 15.1. The number of hydrazone groups is 1. The average molecular weight is 379 g/mol. The summed E-state index contributed by atoms with van der Waals surface area (Å²) < 4.78 is 16.9. The van der Waals surface area contributed by atoms with E-state index in [-0.39, 0.29) is 11.9 Å². The van der Waals surface area contributed by atoms with Crippen molar-refractivity contribution in [2.24, 2.45) is 5.10 Å². The molecule has 5 rings (SSSR count). The van der Waals surface area contributed by atoms with Crippen LogP contribution in [0.5, 0.6) is 0 Å². The van der Waals surface area contributed by atoms with Crippen molar-refractivity contribution in [3.8, 4) is 0 Å². The summed E-state index contributed by atoms with van der Waals surface area (Å²) in [6.45, 7) is 3.14. The average Bonchev–Trinajstić information content (AvgIpc) is 3.46. The maximum atomic E-state index is 13.0. The van der Waals surface area contributed by atoms with Crippen LogP contribution >= 0.6 is 0 Å². The number of rotatable bonds is 4. The molecule has 0 spiro atoms. The summed E-state index contributed by atoms with van der Waals surface area (Å²) in [5.74, 6) is 1.37. The van der Waals surface area contributed by atoms with Crippen molar-refractivity contribution >= 4 is 22.6 Å². The monoisotopic (exact) mass is 379 g/mol. The second-order valence-corrected chi connectivity index (χ2v) is 7.06. The van der Waals surface area contributed by atoms with Crippen LogP contribution in [0.1, 0.15) is 24.0 Å². The largest absolute Gasteiger partial charge is 0.467 e. The van der Waals surface area contributed by atoms with Crippen molar-refractivity contribution in [2.45, 2.75) is 12.5 Å². The van der Waals surface area contributed by atoms with Crippen LogP contribution in [-0.4, -0.2) is 54.4 Å². The van der Waals surface area contributed by atoms with Crippen molar-refractivity contribution in [3.63, 3.8) is 0 Å². The van der Waals surface area contributed by atoms with Crippen LogP contribution < -0.4 is 0 Å². The fraction of sp³-hybridized carbons (Fsp3) is 0.333. The SMILES string of the molecule is O=C(CN1CCOCC1)N1N=C(c2cc3ccccc3o2)C[C@H]1c1ccco1. The van der Waals surface area contributed by atoms with Crippen LogP contribution in [0.4, 0.5) is 0 Å². The number of benzene rings is 1. The number of carbonyl (C=O) groups is 1. The maximum Gasteiger partial charge on any atom is 0.257 e. The third kappa shape index (κ3) is 3.23. The molecule has 2 aliphatic heterocycles. The van der Waals surface area contributed by atoms with Crippen molar-refractivity contribution in [2.75, 3.05) is 32.8 Å². The van der Waals surface area contributed by atoms with Crippen LogP contribution in [0.2, 0.25) is 0 Å². The van der Waals surface area contributed by atoms with Crippen molar-refractivity contribution in [3.05, 3.63) is 60.2 Å². The van der Waals surface area contributed by atoms with Gasteiger partial charge >= 0.3 is 0 Å². The summed E-state index contributed by atoms with van der Waals surface area (Å²) in [6, 6.07) is 13.3. The molecule has 1 atom stereocenters. The topological polar surface area (TPSA) is 71.4 Å². The Morgan fingerprint density at radius 1 is 1.14 bits per heavy atom. The lowest BCUT2D eigenvalue weighted by Gasteiger charge is -2.28. The summed E-state index contributed by atoms with van der Waals surface area (Å²) in [6.07, 6.45) is 2.18. The zero-order valence-electron chi connectivity index (χ0n) is 15.4. The number of nitrogens with zero attached hydrogens (tertiary/aromatic N) is 3. The predicted molar refractivity (Wildman–Crippen MR) is 103 cm³/mol. The highest BCUT2D eigenvalue weighted by Gasteiger charge is 2.36. The van der Waals surface area contributed by atoms with E-state index < -0.39 is 0 Å². The van der Waals surface area contributed by atoms with Gasteiger partial charge in [0.1, 0.15) is 23.1 Å². The predicted octanol–water partition coefficient (Wildman–Crippen LogP) is 3.04. The summed E-state index contributed by atoms with van der Waals surface area (Å²) >= 11 is 0. The second kappa shape index (κ2) is 7.26. The van der Waals surface area contributed by atoms with Gasteiger partial charge in [0.2, 0.25) is 0 Å². The minimum absolute atomic E-state index is 0.0468. The van der Waals surface area contributed by atoms with E-state index in [1.807, 2.05) is 42.5 Å². The van der Waals surface area contributed by atoms with Crippen LogP contribution in [0.15, 0.2) is 62.7 Å². The van der Waals surface area contributed by atoms with Gasteiger partial charge in [-0.3, -0.25) is 9.69 Å². The molecule has 0 unspecified atom stereocenters. The highest BCUT2D eigenvalue weighted by atomic mass is 16.5. The maximum absolute atomic E-state index is 13.0. The molecule has 2 aliphatic rings. The Hall–Kier alpha value is -2.90. The van der Waals surface area contributed by atoms with Gasteiger partial charge in [0, 0.05) is 24.9 Å². The Morgan fingerprint density at radius 2 is 2.00 bits per heavy atom. The summed E-state index contributed by atoms with van der Waals surface area (Å²) in [7, 11) is 0. The van der Waals surface area contributed by atoms with E-state index >= 15 is 0 Å². The van der Waals surface area contributed by atoms with Gasteiger partial charge in [0.15, 0.2) is 5.76 Å². The summed E-state index contributed by atoms with van der Waals surface area (Å²) in [5.41, 5.74) is 1.57. The third-order valence-corrected chi connectivity index (χ3v) is 5.21. The van der Waals surface area contributed by atoms with Gasteiger partial charge in [-0.25, -0.2) is 5.01 Å². The van der Waals surface area contributed by atoms with E-state index in [4.69, 9.17) is 13.6 Å². The lowest BCUT2D eigenvalue weighted by molar-refractivity contribution is -0.135. The van der Waals surface area contributed by atoms with Crippen molar-refractivity contribution < 1.29 is 18.4 Å². The molecule has 0 radical (unpaired) electrons. The lowest BCUT2D eigenvalue weighted by atomic mass is 10.1. The minimum atomic E-state index is -0.258. The molecule has 4 heterocycles. The Labute approximate surface area is 162 Å². The Kier molecular flexibility index (Phi) is 4.46. The molecular weight excluding hydrogens is 358 g/mol. The fourth-order valence-corrected chi connectivity index (χ4v) is 3.74. The smallest absolute Gasteiger partial charge is 0.257 e. The van der Waals surface area contributed by atoms with E-state index in [1.54, 1.807) is 11.3 Å². The second-order valence-electron chi connectivity index (χ2n) is 7.06. The number of ether oxygens (including phenoxy) is 1. The molecule has 7 heteroatoms. The number of morpholine rings is 1. The number of hydrogen-bond donors (Lipinski definition) is 0. The molecule has 3 aromatic rings. The molecule has 1 fully saturated rings.